The number of likely N-dealkylation sites (tertiary alicyclic amines) is 1. The van der Waals surface area contributed by atoms with Crippen LogP contribution in [0.15, 0.2) is 33.9 Å². The predicted octanol–water partition coefficient (Wildman–Crippen LogP) is -0.185. The SMILES string of the molecule is Cl.NCCNC(=O)C1CCCN(C(=O)CCn2[nH]c(=O)c3ccccc3c2=O)C1. The lowest BCUT2D eigenvalue weighted by Crippen LogP contribution is -2.46. The molecule has 3 rings (SSSR count). The number of hydrogen-bond donors (Lipinski definition) is 3. The van der Waals surface area contributed by atoms with Crippen molar-refractivity contribution in [3.63, 3.8) is 0 Å². The highest BCUT2D eigenvalue weighted by Crippen LogP contribution is 2.17. The third-order valence-corrected chi connectivity index (χ3v) is 5.02. The Morgan fingerprint density at radius 3 is 2.66 bits per heavy atom. The summed E-state index contributed by atoms with van der Waals surface area (Å²) in [6.45, 7) is 1.82. The van der Waals surface area contributed by atoms with Gasteiger partial charge < -0.3 is 16.0 Å². The molecule has 1 aromatic heterocycles. The van der Waals surface area contributed by atoms with Crippen molar-refractivity contribution in [1.29, 1.82) is 0 Å². The van der Waals surface area contributed by atoms with Crippen LogP contribution in [0, 0.1) is 5.92 Å². The zero-order valence-corrected chi connectivity index (χ0v) is 16.9. The van der Waals surface area contributed by atoms with Gasteiger partial charge in [0.1, 0.15) is 0 Å². The number of rotatable bonds is 6. The van der Waals surface area contributed by atoms with Crippen LogP contribution in [-0.2, 0) is 16.1 Å². The summed E-state index contributed by atoms with van der Waals surface area (Å²) in [7, 11) is 0. The maximum atomic E-state index is 12.6. The van der Waals surface area contributed by atoms with Crippen molar-refractivity contribution < 1.29 is 9.59 Å². The average Bonchev–Trinajstić information content (AvgIpc) is 2.73. The minimum absolute atomic E-state index is 0. The van der Waals surface area contributed by atoms with Crippen molar-refractivity contribution in [3.8, 4) is 0 Å². The molecule has 1 aliphatic rings. The normalized spacial score (nSPS) is 16.3. The van der Waals surface area contributed by atoms with E-state index in [0.29, 0.717) is 37.0 Å². The minimum Gasteiger partial charge on any atom is -0.355 e. The van der Waals surface area contributed by atoms with Crippen molar-refractivity contribution in [2.45, 2.75) is 25.8 Å². The smallest absolute Gasteiger partial charge is 0.273 e. The molecule has 1 saturated heterocycles. The van der Waals surface area contributed by atoms with Gasteiger partial charge in [-0.3, -0.25) is 24.3 Å². The molecule has 0 spiro atoms. The molecule has 1 atom stereocenters. The summed E-state index contributed by atoms with van der Waals surface area (Å²) in [5.74, 6) is -0.470. The Balaban J connectivity index is 0.00000300. The van der Waals surface area contributed by atoms with E-state index in [1.165, 1.54) is 4.68 Å². The van der Waals surface area contributed by atoms with Gasteiger partial charge in [0.2, 0.25) is 11.8 Å². The Kier molecular flexibility index (Phi) is 7.98. The highest BCUT2D eigenvalue weighted by Gasteiger charge is 2.28. The summed E-state index contributed by atoms with van der Waals surface area (Å²) in [5.41, 5.74) is 4.71. The Hall–Kier alpha value is -2.65. The number of piperidine rings is 1. The Morgan fingerprint density at radius 1 is 1.21 bits per heavy atom. The Labute approximate surface area is 173 Å². The lowest BCUT2D eigenvalue weighted by Gasteiger charge is -2.32. The summed E-state index contributed by atoms with van der Waals surface area (Å²) in [5, 5.41) is 5.95. The first-order valence-corrected chi connectivity index (χ1v) is 9.48. The number of benzene rings is 1. The third kappa shape index (κ3) is 5.24. The molecule has 1 aromatic carbocycles. The molecule has 1 fully saturated rings. The van der Waals surface area contributed by atoms with Crippen molar-refractivity contribution in [2.24, 2.45) is 11.7 Å². The summed E-state index contributed by atoms with van der Waals surface area (Å²) >= 11 is 0. The van der Waals surface area contributed by atoms with Gasteiger partial charge in [-0.2, -0.15) is 0 Å². The van der Waals surface area contributed by atoms with Crippen LogP contribution in [-0.4, -0.2) is 52.7 Å². The zero-order chi connectivity index (χ0) is 20.1. The number of hydrogen-bond acceptors (Lipinski definition) is 5. The van der Waals surface area contributed by atoms with Crippen molar-refractivity contribution >= 4 is 35.0 Å². The van der Waals surface area contributed by atoms with Gasteiger partial charge in [-0.25, -0.2) is 4.68 Å². The molecule has 10 heteroatoms. The van der Waals surface area contributed by atoms with Crippen LogP contribution >= 0.6 is 12.4 Å². The molecule has 0 radical (unpaired) electrons. The van der Waals surface area contributed by atoms with Crippen LogP contribution in [0.3, 0.4) is 0 Å². The van der Waals surface area contributed by atoms with Crippen LogP contribution in [0.4, 0.5) is 0 Å². The van der Waals surface area contributed by atoms with E-state index in [4.69, 9.17) is 5.73 Å². The largest absolute Gasteiger partial charge is 0.355 e. The lowest BCUT2D eigenvalue weighted by atomic mass is 9.97. The fourth-order valence-electron chi connectivity index (χ4n) is 3.53. The van der Waals surface area contributed by atoms with Crippen LogP contribution in [0.2, 0.25) is 0 Å². The minimum atomic E-state index is -0.364. The number of fused-ring (bicyclic) bond motifs is 1. The van der Waals surface area contributed by atoms with Gasteiger partial charge in [0, 0.05) is 32.6 Å². The molecular weight excluding hydrogens is 398 g/mol. The number of nitrogens with zero attached hydrogens (tertiary/aromatic N) is 2. The van der Waals surface area contributed by atoms with Gasteiger partial charge in [-0.15, -0.1) is 12.4 Å². The van der Waals surface area contributed by atoms with E-state index in [-0.39, 0.29) is 54.2 Å². The Bertz CT molecular complexity index is 986. The second kappa shape index (κ2) is 10.2. The summed E-state index contributed by atoms with van der Waals surface area (Å²) in [6.07, 6.45) is 1.56. The van der Waals surface area contributed by atoms with Gasteiger partial charge >= 0.3 is 0 Å². The Morgan fingerprint density at radius 2 is 1.93 bits per heavy atom. The number of aryl methyl sites for hydroxylation is 1. The predicted molar refractivity (Wildman–Crippen MR) is 112 cm³/mol. The number of aromatic amines is 1. The van der Waals surface area contributed by atoms with Crippen molar-refractivity contribution in [2.75, 3.05) is 26.2 Å². The van der Waals surface area contributed by atoms with Crippen LogP contribution in [0.1, 0.15) is 19.3 Å². The summed E-state index contributed by atoms with van der Waals surface area (Å²) in [4.78, 5) is 51.0. The van der Waals surface area contributed by atoms with Crippen LogP contribution in [0.25, 0.3) is 10.8 Å². The first-order valence-electron chi connectivity index (χ1n) is 9.48. The van der Waals surface area contributed by atoms with E-state index >= 15 is 0 Å². The maximum Gasteiger partial charge on any atom is 0.273 e. The molecule has 29 heavy (non-hydrogen) atoms. The van der Waals surface area contributed by atoms with Gasteiger partial charge in [-0.1, -0.05) is 12.1 Å². The van der Waals surface area contributed by atoms with Crippen LogP contribution in [0.5, 0.6) is 0 Å². The number of amides is 2. The topological polar surface area (TPSA) is 130 Å². The quantitative estimate of drug-likeness (QED) is 0.593. The molecule has 2 aromatic rings. The molecule has 9 nitrogen and oxygen atoms in total. The second-order valence-corrected chi connectivity index (χ2v) is 6.95. The maximum absolute atomic E-state index is 12.6. The molecule has 0 aliphatic carbocycles. The number of nitrogens with two attached hydrogens (primary N) is 1. The zero-order valence-electron chi connectivity index (χ0n) is 16.1. The highest BCUT2D eigenvalue weighted by molar-refractivity contribution is 5.85. The van der Waals surface area contributed by atoms with Gasteiger partial charge in [0.05, 0.1) is 23.2 Å². The van der Waals surface area contributed by atoms with Crippen LogP contribution < -0.4 is 22.2 Å². The number of nitrogens with one attached hydrogen (secondary N) is 2. The van der Waals surface area contributed by atoms with E-state index < -0.39 is 0 Å². The third-order valence-electron chi connectivity index (χ3n) is 5.02. The highest BCUT2D eigenvalue weighted by atomic mass is 35.5. The monoisotopic (exact) mass is 423 g/mol. The lowest BCUT2D eigenvalue weighted by molar-refractivity contribution is -0.135. The molecule has 1 unspecified atom stereocenters. The first kappa shape index (κ1) is 22.6. The van der Waals surface area contributed by atoms with Crippen molar-refractivity contribution in [1.82, 2.24) is 20.0 Å². The van der Waals surface area contributed by atoms with Gasteiger partial charge in [-0.05, 0) is 25.0 Å². The van der Waals surface area contributed by atoms with E-state index in [9.17, 15) is 19.2 Å². The van der Waals surface area contributed by atoms with Gasteiger partial charge in [0.15, 0.2) is 0 Å². The fourth-order valence-corrected chi connectivity index (χ4v) is 3.53. The molecule has 1 aliphatic heterocycles. The number of halogens is 1. The first-order chi connectivity index (χ1) is 13.5. The van der Waals surface area contributed by atoms with E-state index in [1.807, 2.05) is 0 Å². The summed E-state index contributed by atoms with van der Waals surface area (Å²) in [6, 6.07) is 6.58. The van der Waals surface area contributed by atoms with E-state index in [2.05, 4.69) is 10.4 Å². The number of aromatic nitrogens is 2. The van der Waals surface area contributed by atoms with E-state index in [1.54, 1.807) is 29.2 Å². The average molecular weight is 424 g/mol. The van der Waals surface area contributed by atoms with Gasteiger partial charge in [0.25, 0.3) is 11.1 Å². The molecule has 2 amide bonds. The summed E-state index contributed by atoms with van der Waals surface area (Å²) < 4.78 is 1.18. The fraction of sp³-hybridized carbons (Fsp3) is 0.474. The molecule has 4 N–H and O–H groups in total. The van der Waals surface area contributed by atoms with Crippen molar-refractivity contribution in [3.05, 3.63) is 45.0 Å². The molecule has 2 heterocycles. The molecule has 158 valence electrons. The number of carbonyl (C=O) groups excluding carboxylic acids is 2. The number of carbonyl (C=O) groups is 2. The number of H-pyrrole nitrogens is 1. The molecule has 0 bridgehead atoms. The second-order valence-electron chi connectivity index (χ2n) is 6.95. The van der Waals surface area contributed by atoms with E-state index in [0.717, 1.165) is 12.8 Å². The molecule has 0 saturated carbocycles. The molecular formula is C19H26ClN5O4. The standard InChI is InChI=1S/C19H25N5O4.ClH/c20-8-9-21-17(26)13-4-3-10-23(12-13)16(25)7-11-24-19(28)15-6-2-1-5-14(15)18(27)22-24;/h1-2,5-6,13H,3-4,7-12,20H2,(H,21,26)(H,22,27);1H.